The first-order valence-electron chi connectivity index (χ1n) is 9.35. The number of ether oxygens (including phenoxy) is 4. The molecule has 9 heteroatoms. The van der Waals surface area contributed by atoms with Crippen LogP contribution in [0.4, 0.5) is 5.69 Å². The van der Waals surface area contributed by atoms with Crippen molar-refractivity contribution >= 4 is 17.4 Å². The van der Waals surface area contributed by atoms with Crippen LogP contribution in [0.15, 0.2) is 41.4 Å². The molecule has 0 fully saturated rings. The fourth-order valence-corrected chi connectivity index (χ4v) is 3.39. The summed E-state index contributed by atoms with van der Waals surface area (Å²) in [6.45, 7) is 1.96. The molecule has 1 unspecified atom stereocenters. The first-order chi connectivity index (χ1) is 14.4. The number of aliphatic imine (C=N–C) groups is 1. The molecule has 0 radical (unpaired) electrons. The predicted octanol–water partition coefficient (Wildman–Crippen LogP) is 2.80. The fourth-order valence-electron chi connectivity index (χ4n) is 3.39. The van der Waals surface area contributed by atoms with Crippen molar-refractivity contribution in [3.05, 3.63) is 42.0 Å². The average molecular weight is 413 g/mol. The fraction of sp³-hybridized carbons (Fsp3) is 0.333. The average Bonchev–Trinajstić information content (AvgIpc) is 3.30. The maximum atomic E-state index is 12.7. The molecule has 2 aromatic rings. The Morgan fingerprint density at radius 1 is 1.13 bits per heavy atom. The Labute approximate surface area is 174 Å². The standard InChI is InChI=1S/C21H23N3O6/c1-21(11-19(25)22-14-8-15(26-3)10-16(9-14)27-4)23-20(24(2)30-21)13-5-6-17-18(7-13)29-12-28-17/h5-10H,11-12H2,1-4H3,(H,22,25). The van der Waals surface area contributed by atoms with Crippen molar-refractivity contribution in [1.82, 2.24) is 5.06 Å². The molecule has 0 spiro atoms. The van der Waals surface area contributed by atoms with Gasteiger partial charge in [-0.2, -0.15) is 0 Å². The van der Waals surface area contributed by atoms with Crippen LogP contribution in [0, 0.1) is 0 Å². The third-order valence-electron chi connectivity index (χ3n) is 4.73. The van der Waals surface area contributed by atoms with E-state index in [9.17, 15) is 4.79 Å². The lowest BCUT2D eigenvalue weighted by Gasteiger charge is -2.21. The van der Waals surface area contributed by atoms with Gasteiger partial charge in [0.2, 0.25) is 12.7 Å². The van der Waals surface area contributed by atoms with Crippen LogP contribution in [-0.4, -0.2) is 50.6 Å². The van der Waals surface area contributed by atoms with E-state index < -0.39 is 5.72 Å². The summed E-state index contributed by atoms with van der Waals surface area (Å²) in [5, 5.41) is 4.40. The van der Waals surface area contributed by atoms with Gasteiger partial charge in [0.05, 0.1) is 20.6 Å². The lowest BCUT2D eigenvalue weighted by molar-refractivity contribution is -0.164. The van der Waals surface area contributed by atoms with Crippen molar-refractivity contribution in [1.29, 1.82) is 0 Å². The molecule has 30 heavy (non-hydrogen) atoms. The minimum absolute atomic E-state index is 0.0188. The zero-order valence-electron chi connectivity index (χ0n) is 17.2. The molecule has 2 heterocycles. The van der Waals surface area contributed by atoms with Crippen LogP contribution in [0.25, 0.3) is 0 Å². The molecule has 2 aromatic carbocycles. The van der Waals surface area contributed by atoms with Gasteiger partial charge in [0, 0.05) is 36.5 Å². The molecular weight excluding hydrogens is 390 g/mol. The Kier molecular flexibility index (Phi) is 5.13. The smallest absolute Gasteiger partial charge is 0.231 e. The molecule has 0 saturated heterocycles. The predicted molar refractivity (Wildman–Crippen MR) is 109 cm³/mol. The Balaban J connectivity index is 1.49. The number of carbonyl (C=O) groups excluding carboxylic acids is 1. The largest absolute Gasteiger partial charge is 0.497 e. The van der Waals surface area contributed by atoms with E-state index in [2.05, 4.69) is 10.3 Å². The van der Waals surface area contributed by atoms with Gasteiger partial charge in [-0.15, -0.1) is 0 Å². The second-order valence-electron chi connectivity index (χ2n) is 7.09. The molecule has 1 amide bonds. The molecule has 1 N–H and O–H groups in total. The first-order valence-corrected chi connectivity index (χ1v) is 9.35. The van der Waals surface area contributed by atoms with E-state index in [0.717, 1.165) is 5.56 Å². The summed E-state index contributed by atoms with van der Waals surface area (Å²) in [6, 6.07) is 10.7. The normalized spacial score (nSPS) is 19.5. The van der Waals surface area contributed by atoms with Crippen molar-refractivity contribution in [3.63, 3.8) is 0 Å². The molecule has 0 bridgehead atoms. The van der Waals surface area contributed by atoms with E-state index in [1.165, 1.54) is 0 Å². The molecule has 0 saturated carbocycles. The second kappa shape index (κ2) is 7.75. The van der Waals surface area contributed by atoms with Crippen LogP contribution in [0.1, 0.15) is 18.9 Å². The van der Waals surface area contributed by atoms with Gasteiger partial charge in [0.1, 0.15) is 11.5 Å². The Bertz CT molecular complexity index is 986. The summed E-state index contributed by atoms with van der Waals surface area (Å²) in [6.07, 6.45) is 0.0188. The number of methoxy groups -OCH3 is 2. The number of benzene rings is 2. The van der Waals surface area contributed by atoms with Crippen LogP contribution in [0.2, 0.25) is 0 Å². The maximum Gasteiger partial charge on any atom is 0.231 e. The molecule has 1 atom stereocenters. The highest BCUT2D eigenvalue weighted by molar-refractivity contribution is 6.00. The summed E-state index contributed by atoms with van der Waals surface area (Å²) in [5.41, 5.74) is 0.322. The van der Waals surface area contributed by atoms with Gasteiger partial charge >= 0.3 is 0 Å². The Morgan fingerprint density at radius 2 is 1.83 bits per heavy atom. The summed E-state index contributed by atoms with van der Waals surface area (Å²) >= 11 is 0. The minimum atomic E-state index is -1.05. The number of fused-ring (bicyclic) bond motifs is 1. The van der Waals surface area contributed by atoms with Gasteiger partial charge < -0.3 is 24.3 Å². The van der Waals surface area contributed by atoms with Gasteiger partial charge in [0.15, 0.2) is 23.1 Å². The number of hydrogen-bond acceptors (Lipinski definition) is 8. The number of amides is 1. The van der Waals surface area contributed by atoms with Crippen molar-refractivity contribution in [2.24, 2.45) is 4.99 Å². The molecule has 2 aliphatic heterocycles. The number of nitrogens with one attached hydrogen (secondary N) is 1. The molecular formula is C21H23N3O6. The van der Waals surface area contributed by atoms with Crippen molar-refractivity contribution in [3.8, 4) is 23.0 Å². The van der Waals surface area contributed by atoms with E-state index in [-0.39, 0.29) is 19.1 Å². The van der Waals surface area contributed by atoms with Gasteiger partial charge in [-0.1, -0.05) is 0 Å². The summed E-state index contributed by atoms with van der Waals surface area (Å²) in [4.78, 5) is 23.2. The Morgan fingerprint density at radius 3 is 2.53 bits per heavy atom. The van der Waals surface area contributed by atoms with Crippen LogP contribution in [-0.2, 0) is 9.63 Å². The van der Waals surface area contributed by atoms with Crippen LogP contribution in [0.5, 0.6) is 23.0 Å². The molecule has 158 valence electrons. The van der Waals surface area contributed by atoms with E-state index in [4.69, 9.17) is 23.8 Å². The monoisotopic (exact) mass is 413 g/mol. The molecule has 4 rings (SSSR count). The molecule has 2 aliphatic rings. The lowest BCUT2D eigenvalue weighted by atomic mass is 10.1. The second-order valence-corrected chi connectivity index (χ2v) is 7.09. The molecule has 9 nitrogen and oxygen atoms in total. The van der Waals surface area contributed by atoms with E-state index in [1.54, 1.807) is 51.5 Å². The number of carbonyl (C=O) groups is 1. The van der Waals surface area contributed by atoms with Crippen LogP contribution >= 0.6 is 0 Å². The zero-order chi connectivity index (χ0) is 21.3. The topological polar surface area (TPSA) is 90.9 Å². The third-order valence-corrected chi connectivity index (χ3v) is 4.73. The van der Waals surface area contributed by atoms with Crippen molar-refractivity contribution in [2.75, 3.05) is 33.4 Å². The van der Waals surface area contributed by atoms with Gasteiger partial charge in [0.25, 0.3) is 0 Å². The highest BCUT2D eigenvalue weighted by Gasteiger charge is 2.38. The summed E-state index contributed by atoms with van der Waals surface area (Å²) in [5.74, 6) is 2.86. The maximum absolute atomic E-state index is 12.7. The zero-order valence-corrected chi connectivity index (χ0v) is 17.2. The van der Waals surface area contributed by atoms with Crippen molar-refractivity contribution in [2.45, 2.75) is 19.1 Å². The Hall–Kier alpha value is -3.46. The van der Waals surface area contributed by atoms with Crippen LogP contribution in [0.3, 0.4) is 0 Å². The third kappa shape index (κ3) is 3.97. The first kappa shape index (κ1) is 19.8. The summed E-state index contributed by atoms with van der Waals surface area (Å²) in [7, 11) is 4.85. The molecule has 0 aliphatic carbocycles. The molecule has 0 aromatic heterocycles. The van der Waals surface area contributed by atoms with Crippen molar-refractivity contribution < 1.29 is 28.6 Å². The number of amidine groups is 1. The van der Waals surface area contributed by atoms with Crippen LogP contribution < -0.4 is 24.3 Å². The van der Waals surface area contributed by atoms with E-state index in [0.29, 0.717) is 34.5 Å². The number of anilines is 1. The number of hydroxylamine groups is 2. The van der Waals surface area contributed by atoms with E-state index in [1.807, 2.05) is 18.2 Å². The number of hydrogen-bond donors (Lipinski definition) is 1. The highest BCUT2D eigenvalue weighted by atomic mass is 16.7. The number of nitrogens with zero attached hydrogens (tertiary/aromatic N) is 2. The summed E-state index contributed by atoms with van der Waals surface area (Å²) < 4.78 is 21.3. The number of rotatable bonds is 6. The van der Waals surface area contributed by atoms with Gasteiger partial charge in [-0.25, -0.2) is 14.9 Å². The highest BCUT2D eigenvalue weighted by Crippen LogP contribution is 2.35. The van der Waals surface area contributed by atoms with Gasteiger partial charge in [-0.05, 0) is 25.1 Å². The SMILES string of the molecule is COc1cc(NC(=O)CC2(C)N=C(c3ccc4c(c3)OCO4)N(C)O2)cc(OC)c1. The quantitative estimate of drug-likeness (QED) is 0.779. The lowest BCUT2D eigenvalue weighted by Crippen LogP contribution is -2.32. The van der Waals surface area contributed by atoms with Gasteiger partial charge in [-0.3, -0.25) is 4.79 Å². The minimum Gasteiger partial charge on any atom is -0.497 e. The van der Waals surface area contributed by atoms with E-state index >= 15 is 0 Å².